The Labute approximate surface area is 171 Å². The second-order valence-electron chi connectivity index (χ2n) is 7.70. The first-order valence-corrected chi connectivity index (χ1v) is 10.3. The highest BCUT2D eigenvalue weighted by molar-refractivity contribution is 5.92. The van der Waals surface area contributed by atoms with Crippen molar-refractivity contribution in [1.29, 1.82) is 0 Å². The number of benzene rings is 1. The number of carbonyl (C=O) groups excluding carboxylic acids is 1. The number of hydrogen-bond acceptors (Lipinski definition) is 6. The molecule has 0 aliphatic carbocycles. The van der Waals surface area contributed by atoms with Crippen molar-refractivity contribution in [2.45, 2.75) is 25.4 Å². The van der Waals surface area contributed by atoms with Crippen LogP contribution in [0.2, 0.25) is 0 Å². The average Bonchev–Trinajstić information content (AvgIpc) is 2.74. The summed E-state index contributed by atoms with van der Waals surface area (Å²) in [5.41, 5.74) is 0.718. The van der Waals surface area contributed by atoms with Gasteiger partial charge in [-0.25, -0.2) is 4.98 Å². The minimum absolute atomic E-state index is 0.0721. The molecular formula is C22H28N4O3. The molecule has 29 heavy (non-hydrogen) atoms. The number of carbonyl (C=O) groups is 1. The predicted octanol–water partition coefficient (Wildman–Crippen LogP) is 2.78. The van der Waals surface area contributed by atoms with Gasteiger partial charge < -0.3 is 19.7 Å². The van der Waals surface area contributed by atoms with Crippen LogP contribution in [0.5, 0.6) is 11.5 Å². The lowest BCUT2D eigenvalue weighted by Crippen LogP contribution is -2.42. The van der Waals surface area contributed by atoms with E-state index in [2.05, 4.69) is 15.2 Å². The number of piperidine rings is 1. The quantitative estimate of drug-likeness (QED) is 0.810. The standard InChI is InChI=1S/C22H28N4O3/c1-25(14-18-16-28-19-7-3-4-8-20(19)29-18)15-22(27)24-17-9-10-21(23-13-17)26-11-5-2-6-12-26/h3-4,7-10,13,18H,2,5-6,11-12,14-16H2,1H3,(H,24,27). The number of fused-ring (bicyclic) bond motifs is 1. The molecule has 0 radical (unpaired) electrons. The first-order chi connectivity index (χ1) is 14.2. The van der Waals surface area contributed by atoms with Crippen molar-refractivity contribution in [2.24, 2.45) is 0 Å². The van der Waals surface area contributed by atoms with E-state index in [-0.39, 0.29) is 18.6 Å². The second kappa shape index (κ2) is 9.13. The van der Waals surface area contributed by atoms with E-state index in [1.54, 1.807) is 6.20 Å². The van der Waals surface area contributed by atoms with Gasteiger partial charge in [-0.1, -0.05) is 12.1 Å². The Morgan fingerprint density at radius 3 is 2.72 bits per heavy atom. The van der Waals surface area contributed by atoms with Gasteiger partial charge in [0.1, 0.15) is 18.5 Å². The molecule has 3 heterocycles. The predicted molar refractivity (Wildman–Crippen MR) is 113 cm³/mol. The number of nitrogens with one attached hydrogen (secondary N) is 1. The fourth-order valence-electron chi connectivity index (χ4n) is 3.78. The molecule has 0 saturated carbocycles. The summed E-state index contributed by atoms with van der Waals surface area (Å²) in [5.74, 6) is 2.43. The number of para-hydroxylation sites is 2. The van der Waals surface area contributed by atoms with E-state index < -0.39 is 0 Å². The molecular weight excluding hydrogens is 368 g/mol. The molecule has 7 nitrogen and oxygen atoms in total. The molecule has 1 atom stereocenters. The number of anilines is 2. The summed E-state index contributed by atoms with van der Waals surface area (Å²) in [6.45, 7) is 3.47. The SMILES string of the molecule is CN(CC(=O)Nc1ccc(N2CCCCC2)nc1)CC1COc2ccccc2O1. The van der Waals surface area contributed by atoms with E-state index in [9.17, 15) is 4.79 Å². The van der Waals surface area contributed by atoms with Crippen LogP contribution in [-0.4, -0.2) is 61.7 Å². The lowest BCUT2D eigenvalue weighted by molar-refractivity contribution is -0.117. The first kappa shape index (κ1) is 19.5. The number of aromatic nitrogens is 1. The largest absolute Gasteiger partial charge is 0.486 e. The summed E-state index contributed by atoms with van der Waals surface area (Å²) in [5, 5.41) is 2.92. The molecule has 1 fully saturated rings. The van der Waals surface area contributed by atoms with Gasteiger partial charge in [0.05, 0.1) is 18.4 Å². The van der Waals surface area contributed by atoms with Crippen LogP contribution in [0.25, 0.3) is 0 Å². The molecule has 2 aliphatic heterocycles. The third-order valence-electron chi connectivity index (χ3n) is 5.21. The Hall–Kier alpha value is -2.80. The van der Waals surface area contributed by atoms with E-state index in [1.807, 2.05) is 48.3 Å². The van der Waals surface area contributed by atoms with Crippen molar-refractivity contribution in [3.63, 3.8) is 0 Å². The molecule has 1 aromatic heterocycles. The zero-order valence-corrected chi connectivity index (χ0v) is 16.8. The highest BCUT2D eigenvalue weighted by atomic mass is 16.6. The highest BCUT2D eigenvalue weighted by Crippen LogP contribution is 2.30. The Balaban J connectivity index is 1.24. The first-order valence-electron chi connectivity index (χ1n) is 10.3. The zero-order chi connectivity index (χ0) is 20.1. The van der Waals surface area contributed by atoms with Gasteiger partial charge in [-0.05, 0) is 50.6 Å². The van der Waals surface area contributed by atoms with Crippen molar-refractivity contribution in [3.8, 4) is 11.5 Å². The zero-order valence-electron chi connectivity index (χ0n) is 16.8. The number of hydrogen-bond donors (Lipinski definition) is 1. The Morgan fingerprint density at radius 2 is 1.97 bits per heavy atom. The molecule has 7 heteroatoms. The Morgan fingerprint density at radius 1 is 1.17 bits per heavy atom. The number of amides is 1. The fraction of sp³-hybridized carbons (Fsp3) is 0.455. The third-order valence-corrected chi connectivity index (χ3v) is 5.21. The second-order valence-corrected chi connectivity index (χ2v) is 7.70. The maximum atomic E-state index is 12.4. The normalized spacial score (nSPS) is 18.6. The van der Waals surface area contributed by atoms with E-state index in [0.29, 0.717) is 13.2 Å². The summed E-state index contributed by atoms with van der Waals surface area (Å²) in [7, 11) is 1.90. The van der Waals surface area contributed by atoms with Crippen molar-refractivity contribution in [3.05, 3.63) is 42.6 Å². The summed E-state index contributed by atoms with van der Waals surface area (Å²) >= 11 is 0. The summed E-state index contributed by atoms with van der Waals surface area (Å²) < 4.78 is 11.7. The van der Waals surface area contributed by atoms with E-state index in [4.69, 9.17) is 9.47 Å². The summed E-state index contributed by atoms with van der Waals surface area (Å²) in [6, 6.07) is 11.5. The highest BCUT2D eigenvalue weighted by Gasteiger charge is 2.22. The third kappa shape index (κ3) is 5.17. The van der Waals surface area contributed by atoms with Crippen LogP contribution in [-0.2, 0) is 4.79 Å². The molecule has 2 aromatic rings. The smallest absolute Gasteiger partial charge is 0.238 e. The number of likely N-dealkylation sites (N-methyl/N-ethyl adjacent to an activating group) is 1. The van der Waals surface area contributed by atoms with Crippen LogP contribution >= 0.6 is 0 Å². The van der Waals surface area contributed by atoms with E-state index >= 15 is 0 Å². The molecule has 1 aromatic carbocycles. The summed E-state index contributed by atoms with van der Waals surface area (Å²) in [4.78, 5) is 21.1. The molecule has 1 amide bonds. The Bertz CT molecular complexity index is 821. The van der Waals surface area contributed by atoms with Crippen LogP contribution < -0.4 is 19.7 Å². The van der Waals surface area contributed by atoms with Crippen molar-refractivity contribution >= 4 is 17.4 Å². The molecule has 0 spiro atoms. The number of rotatable bonds is 6. The van der Waals surface area contributed by atoms with Crippen molar-refractivity contribution < 1.29 is 14.3 Å². The molecule has 4 rings (SSSR count). The maximum Gasteiger partial charge on any atom is 0.238 e. The van der Waals surface area contributed by atoms with Crippen LogP contribution in [0.3, 0.4) is 0 Å². The summed E-state index contributed by atoms with van der Waals surface area (Å²) in [6.07, 6.45) is 5.36. The fourth-order valence-corrected chi connectivity index (χ4v) is 3.78. The monoisotopic (exact) mass is 396 g/mol. The lowest BCUT2D eigenvalue weighted by Gasteiger charge is -2.29. The van der Waals surface area contributed by atoms with Crippen LogP contribution in [0.1, 0.15) is 19.3 Å². The molecule has 1 N–H and O–H groups in total. The van der Waals surface area contributed by atoms with Gasteiger partial charge in [-0.15, -0.1) is 0 Å². The average molecular weight is 396 g/mol. The van der Waals surface area contributed by atoms with Gasteiger partial charge >= 0.3 is 0 Å². The molecule has 1 unspecified atom stereocenters. The minimum Gasteiger partial charge on any atom is -0.486 e. The van der Waals surface area contributed by atoms with Crippen LogP contribution in [0.15, 0.2) is 42.6 Å². The molecule has 2 aliphatic rings. The lowest BCUT2D eigenvalue weighted by atomic mass is 10.1. The van der Waals surface area contributed by atoms with Gasteiger partial charge in [0.2, 0.25) is 5.91 Å². The Kier molecular flexibility index (Phi) is 6.14. The molecule has 154 valence electrons. The van der Waals surface area contributed by atoms with Gasteiger partial charge in [0, 0.05) is 19.6 Å². The van der Waals surface area contributed by atoms with Gasteiger partial charge in [-0.2, -0.15) is 0 Å². The van der Waals surface area contributed by atoms with Gasteiger partial charge in [-0.3, -0.25) is 9.69 Å². The van der Waals surface area contributed by atoms with Crippen LogP contribution in [0, 0.1) is 0 Å². The van der Waals surface area contributed by atoms with Gasteiger partial charge in [0.15, 0.2) is 11.5 Å². The van der Waals surface area contributed by atoms with E-state index in [0.717, 1.165) is 36.1 Å². The van der Waals surface area contributed by atoms with E-state index in [1.165, 1.54) is 19.3 Å². The minimum atomic E-state index is -0.104. The molecule has 1 saturated heterocycles. The number of ether oxygens (including phenoxy) is 2. The maximum absolute atomic E-state index is 12.4. The van der Waals surface area contributed by atoms with Crippen molar-refractivity contribution in [1.82, 2.24) is 9.88 Å². The van der Waals surface area contributed by atoms with Crippen molar-refractivity contribution in [2.75, 3.05) is 50.1 Å². The van der Waals surface area contributed by atoms with Gasteiger partial charge in [0.25, 0.3) is 0 Å². The topological polar surface area (TPSA) is 66.9 Å². The molecule has 0 bridgehead atoms. The van der Waals surface area contributed by atoms with Crippen LogP contribution in [0.4, 0.5) is 11.5 Å². The number of pyridine rings is 1. The number of nitrogens with zero attached hydrogens (tertiary/aromatic N) is 3.